The van der Waals surface area contributed by atoms with Crippen molar-refractivity contribution in [2.24, 2.45) is 0 Å². The molecule has 0 spiro atoms. The first-order chi connectivity index (χ1) is 6.38. The van der Waals surface area contributed by atoms with Gasteiger partial charge in [0.25, 0.3) is 0 Å². The monoisotopic (exact) mass is 196 g/mol. The van der Waals surface area contributed by atoms with Crippen LogP contribution in [-0.4, -0.2) is 16.9 Å². The van der Waals surface area contributed by atoms with E-state index in [4.69, 9.17) is 4.74 Å². The lowest BCUT2D eigenvalue weighted by Gasteiger charge is -2.19. The maximum absolute atomic E-state index is 5.40. The number of ether oxygens (including phenoxy) is 1. The second-order valence-corrected chi connectivity index (χ2v) is 4.86. The molecule has 1 rings (SSSR count). The second-order valence-electron chi connectivity index (χ2n) is 4.86. The molecule has 0 saturated heterocycles. The first-order valence-electron chi connectivity index (χ1n) is 5.00. The number of hydrogen-bond acceptors (Lipinski definition) is 2. The summed E-state index contributed by atoms with van der Waals surface area (Å²) in [4.78, 5) is 0. The molecule has 0 unspecified atom stereocenters. The van der Waals surface area contributed by atoms with Crippen molar-refractivity contribution in [2.45, 2.75) is 46.1 Å². The van der Waals surface area contributed by atoms with Crippen LogP contribution >= 0.6 is 0 Å². The van der Waals surface area contributed by atoms with Crippen molar-refractivity contribution in [3.05, 3.63) is 11.8 Å². The maximum Gasteiger partial charge on any atom is 0.215 e. The third kappa shape index (κ3) is 1.91. The van der Waals surface area contributed by atoms with Gasteiger partial charge in [0.05, 0.1) is 19.3 Å². The Hall–Kier alpha value is -0.990. The molecule has 0 fully saturated rings. The molecule has 0 amide bonds. The number of rotatable bonds is 2. The molecule has 14 heavy (non-hydrogen) atoms. The fourth-order valence-corrected chi connectivity index (χ4v) is 1.44. The predicted octanol–water partition coefficient (Wildman–Crippen LogP) is 2.77. The van der Waals surface area contributed by atoms with Crippen LogP contribution < -0.4 is 4.74 Å². The van der Waals surface area contributed by atoms with Crippen LogP contribution in [-0.2, 0) is 5.41 Å². The van der Waals surface area contributed by atoms with E-state index in [-0.39, 0.29) is 5.41 Å². The van der Waals surface area contributed by atoms with Crippen molar-refractivity contribution in [1.29, 1.82) is 0 Å². The molecule has 1 heterocycles. The van der Waals surface area contributed by atoms with Gasteiger partial charge in [-0.05, 0) is 19.3 Å². The van der Waals surface area contributed by atoms with Gasteiger partial charge in [0, 0.05) is 5.56 Å². The van der Waals surface area contributed by atoms with Crippen molar-refractivity contribution in [3.63, 3.8) is 0 Å². The fraction of sp³-hybridized carbons (Fsp3) is 0.727. The molecule has 0 saturated carbocycles. The van der Waals surface area contributed by atoms with Gasteiger partial charge in [0.2, 0.25) is 5.88 Å². The zero-order valence-electron chi connectivity index (χ0n) is 9.96. The molecule has 80 valence electrons. The minimum absolute atomic E-state index is 0.0818. The van der Waals surface area contributed by atoms with E-state index < -0.39 is 0 Å². The number of aromatic nitrogens is 2. The molecule has 0 aliphatic carbocycles. The van der Waals surface area contributed by atoms with Crippen molar-refractivity contribution >= 4 is 0 Å². The van der Waals surface area contributed by atoms with Gasteiger partial charge in [-0.3, -0.25) is 0 Å². The van der Waals surface area contributed by atoms with Crippen molar-refractivity contribution in [1.82, 2.24) is 9.78 Å². The van der Waals surface area contributed by atoms with Crippen molar-refractivity contribution in [2.75, 3.05) is 7.11 Å². The smallest absolute Gasteiger partial charge is 0.215 e. The third-order valence-corrected chi connectivity index (χ3v) is 2.24. The molecule has 0 atom stereocenters. The third-order valence-electron chi connectivity index (χ3n) is 2.24. The normalized spacial score (nSPS) is 12.2. The Kier molecular flexibility index (Phi) is 2.88. The first-order valence-corrected chi connectivity index (χ1v) is 5.00. The molecule has 0 N–H and O–H groups in total. The van der Waals surface area contributed by atoms with Gasteiger partial charge in [-0.1, -0.05) is 20.8 Å². The van der Waals surface area contributed by atoms with Gasteiger partial charge in [-0.15, -0.1) is 0 Å². The summed E-state index contributed by atoms with van der Waals surface area (Å²) in [5.74, 6) is 0.882. The molecule has 1 aromatic heterocycles. The lowest BCUT2D eigenvalue weighted by molar-refractivity contribution is 0.335. The Bertz CT molecular complexity index is 308. The van der Waals surface area contributed by atoms with E-state index in [2.05, 4.69) is 39.7 Å². The van der Waals surface area contributed by atoms with E-state index in [1.165, 1.54) is 0 Å². The largest absolute Gasteiger partial charge is 0.481 e. The Morgan fingerprint density at radius 1 is 1.36 bits per heavy atom. The van der Waals surface area contributed by atoms with E-state index in [9.17, 15) is 0 Å². The molecular formula is C11H20N2O. The molecule has 0 bridgehead atoms. The molecule has 3 nitrogen and oxygen atoms in total. The van der Waals surface area contributed by atoms with Gasteiger partial charge < -0.3 is 4.74 Å². The van der Waals surface area contributed by atoms with Crippen LogP contribution in [0.15, 0.2) is 6.20 Å². The average Bonchev–Trinajstić information content (AvgIpc) is 2.45. The van der Waals surface area contributed by atoms with Crippen LogP contribution in [0.1, 0.15) is 46.2 Å². The van der Waals surface area contributed by atoms with Crippen LogP contribution in [0, 0.1) is 0 Å². The standard InChI is InChI=1S/C11H20N2O/c1-8(2)13-10(14-6)9(7-12-13)11(3,4)5/h7-8H,1-6H3. The summed E-state index contributed by atoms with van der Waals surface area (Å²) in [6.45, 7) is 10.7. The van der Waals surface area contributed by atoms with Gasteiger partial charge in [-0.25, -0.2) is 4.68 Å². The molecule has 1 aromatic rings. The highest BCUT2D eigenvalue weighted by molar-refractivity contribution is 5.31. The summed E-state index contributed by atoms with van der Waals surface area (Å²) < 4.78 is 7.32. The number of nitrogens with zero attached hydrogens (tertiary/aromatic N) is 2. The molecule has 0 aliphatic rings. The van der Waals surface area contributed by atoms with E-state index in [0.717, 1.165) is 11.4 Å². The van der Waals surface area contributed by atoms with Crippen LogP contribution in [0.3, 0.4) is 0 Å². The summed E-state index contributed by atoms with van der Waals surface area (Å²) in [7, 11) is 1.70. The van der Waals surface area contributed by atoms with Gasteiger partial charge in [-0.2, -0.15) is 5.10 Å². The summed E-state index contributed by atoms with van der Waals surface area (Å²) in [5.41, 5.74) is 1.24. The summed E-state index contributed by atoms with van der Waals surface area (Å²) in [6, 6.07) is 0.334. The maximum atomic E-state index is 5.40. The Morgan fingerprint density at radius 3 is 2.29 bits per heavy atom. The molecular weight excluding hydrogens is 176 g/mol. The van der Waals surface area contributed by atoms with E-state index in [1.54, 1.807) is 7.11 Å². The number of methoxy groups -OCH3 is 1. The van der Waals surface area contributed by atoms with Crippen molar-refractivity contribution < 1.29 is 4.74 Å². The van der Waals surface area contributed by atoms with Crippen LogP contribution in [0.5, 0.6) is 5.88 Å². The zero-order chi connectivity index (χ0) is 10.9. The van der Waals surface area contributed by atoms with Crippen molar-refractivity contribution in [3.8, 4) is 5.88 Å². The lowest BCUT2D eigenvalue weighted by atomic mass is 9.89. The Balaban J connectivity index is 3.21. The van der Waals surface area contributed by atoms with Gasteiger partial charge in [0.15, 0.2) is 0 Å². The van der Waals surface area contributed by atoms with Crippen LogP contribution in [0.2, 0.25) is 0 Å². The topological polar surface area (TPSA) is 27.1 Å². The number of hydrogen-bond donors (Lipinski definition) is 0. The van der Waals surface area contributed by atoms with E-state index >= 15 is 0 Å². The van der Waals surface area contributed by atoms with Gasteiger partial charge >= 0.3 is 0 Å². The summed E-state index contributed by atoms with van der Waals surface area (Å²) in [5, 5.41) is 4.34. The minimum atomic E-state index is 0.0818. The Morgan fingerprint density at radius 2 is 1.93 bits per heavy atom. The fourth-order valence-electron chi connectivity index (χ4n) is 1.44. The average molecular weight is 196 g/mol. The lowest BCUT2D eigenvalue weighted by Crippen LogP contribution is -2.13. The first kappa shape index (κ1) is 11.1. The summed E-state index contributed by atoms with van der Waals surface area (Å²) in [6.07, 6.45) is 1.90. The highest BCUT2D eigenvalue weighted by Crippen LogP contribution is 2.32. The molecule has 0 radical (unpaired) electrons. The highest BCUT2D eigenvalue weighted by atomic mass is 16.5. The van der Waals surface area contributed by atoms with Gasteiger partial charge in [0.1, 0.15) is 0 Å². The second kappa shape index (κ2) is 3.64. The summed E-state index contributed by atoms with van der Waals surface area (Å²) >= 11 is 0. The van der Waals surface area contributed by atoms with Crippen LogP contribution in [0.4, 0.5) is 0 Å². The predicted molar refractivity (Wildman–Crippen MR) is 57.9 cm³/mol. The Labute approximate surface area is 86.1 Å². The van der Waals surface area contributed by atoms with E-state index in [0.29, 0.717) is 6.04 Å². The van der Waals surface area contributed by atoms with Crippen LogP contribution in [0.25, 0.3) is 0 Å². The SMILES string of the molecule is COc1c(C(C)(C)C)cnn1C(C)C. The highest BCUT2D eigenvalue weighted by Gasteiger charge is 2.23. The molecule has 0 aliphatic heterocycles. The zero-order valence-corrected chi connectivity index (χ0v) is 9.96. The van der Waals surface area contributed by atoms with E-state index in [1.807, 2.05) is 10.9 Å². The molecule has 0 aromatic carbocycles. The molecule has 3 heteroatoms. The minimum Gasteiger partial charge on any atom is -0.481 e. The quantitative estimate of drug-likeness (QED) is 0.727.